The number of hydrogen-bond donors (Lipinski definition) is 4. The lowest BCUT2D eigenvalue weighted by atomic mass is 9.77. The summed E-state index contributed by atoms with van der Waals surface area (Å²) >= 11 is 0. The molecule has 4 N–H and O–H groups in total. The number of anilines is 2. The van der Waals surface area contributed by atoms with Crippen molar-refractivity contribution in [3.63, 3.8) is 0 Å². The third kappa shape index (κ3) is 4.82. The third-order valence-corrected chi connectivity index (χ3v) is 8.99. The van der Waals surface area contributed by atoms with Crippen molar-refractivity contribution in [3.05, 3.63) is 51.9 Å². The van der Waals surface area contributed by atoms with Gasteiger partial charge < -0.3 is 20.5 Å². The summed E-state index contributed by atoms with van der Waals surface area (Å²) in [5.41, 5.74) is 0.891. The predicted octanol–water partition coefficient (Wildman–Crippen LogP) is 2.52. The van der Waals surface area contributed by atoms with Gasteiger partial charge in [0.2, 0.25) is 10.0 Å². The van der Waals surface area contributed by atoms with Crippen molar-refractivity contribution in [1.82, 2.24) is 14.2 Å². The number of nitrogens with zero attached hydrogens (tertiary/aromatic N) is 3. The smallest absolute Gasteiger partial charge is 0.261 e. The van der Waals surface area contributed by atoms with Gasteiger partial charge in [-0.2, -0.15) is 9.57 Å². The standard InChI is InChI=1S/C24H31N7O3S/c1-30(2)18-6-9-24(10-7-18,11-12-25)29-19-8-13-27-23(32)21(19)22(26)28-17-4-5-20-16(14-17)15-31(3)35(20,33)34/h4-5,8,13-14,18H,6-7,9-11,15H2,1-3H3,(H2,26,28)(H2,27,29,32)/t18-,24-. The molecule has 4 rings (SSSR count). The zero-order valence-electron chi connectivity index (χ0n) is 20.2. The fraction of sp³-hybridized carbons (Fsp3) is 0.458. The van der Waals surface area contributed by atoms with Crippen LogP contribution in [0.25, 0.3) is 0 Å². The lowest BCUT2D eigenvalue weighted by molar-refractivity contribution is 0.185. The van der Waals surface area contributed by atoms with Crippen molar-refractivity contribution in [1.29, 1.82) is 10.7 Å². The summed E-state index contributed by atoms with van der Waals surface area (Å²) in [6.07, 6.45) is 5.26. The Morgan fingerprint density at radius 2 is 2.03 bits per heavy atom. The second-order valence-electron chi connectivity index (χ2n) is 9.61. The number of sulfonamides is 1. The molecule has 2 heterocycles. The molecule has 0 radical (unpaired) electrons. The van der Waals surface area contributed by atoms with Gasteiger partial charge >= 0.3 is 0 Å². The van der Waals surface area contributed by atoms with Crippen molar-refractivity contribution in [2.24, 2.45) is 0 Å². The number of aromatic amines is 1. The molecule has 2 aliphatic rings. The van der Waals surface area contributed by atoms with Gasteiger partial charge in [0.1, 0.15) is 11.4 Å². The van der Waals surface area contributed by atoms with E-state index in [1.807, 2.05) is 0 Å². The monoisotopic (exact) mass is 497 g/mol. The Labute approximate surface area is 205 Å². The Balaban J connectivity index is 1.59. The fourth-order valence-electron chi connectivity index (χ4n) is 5.02. The molecular weight excluding hydrogens is 466 g/mol. The molecule has 35 heavy (non-hydrogen) atoms. The first kappa shape index (κ1) is 24.9. The summed E-state index contributed by atoms with van der Waals surface area (Å²) in [7, 11) is 2.17. The summed E-state index contributed by atoms with van der Waals surface area (Å²) in [6, 6.07) is 9.26. The molecule has 0 bridgehead atoms. The number of hydrogen-bond acceptors (Lipinski definition) is 7. The largest absolute Gasteiger partial charge is 0.378 e. The SMILES string of the molecule is CN1Cc2cc(NC(=N)c3c(N[C@]4(CC#N)CC[C@@H](N(C)C)CC4)cc[nH]c3=O)ccc2S1(=O)=O. The van der Waals surface area contributed by atoms with E-state index in [9.17, 15) is 18.5 Å². The van der Waals surface area contributed by atoms with Crippen molar-refractivity contribution >= 4 is 27.2 Å². The van der Waals surface area contributed by atoms with E-state index in [1.165, 1.54) is 23.6 Å². The maximum Gasteiger partial charge on any atom is 0.261 e. The van der Waals surface area contributed by atoms with Gasteiger partial charge in [-0.05, 0) is 69.6 Å². The average Bonchev–Trinajstić information content (AvgIpc) is 3.02. The zero-order valence-corrected chi connectivity index (χ0v) is 21.0. The molecule has 1 aromatic carbocycles. The molecule has 1 aliphatic carbocycles. The molecule has 0 spiro atoms. The number of rotatable bonds is 6. The molecule has 0 atom stereocenters. The number of H-pyrrole nitrogens is 1. The Kier molecular flexibility index (Phi) is 6.73. The van der Waals surface area contributed by atoms with E-state index in [0.717, 1.165) is 25.7 Å². The minimum Gasteiger partial charge on any atom is -0.378 e. The van der Waals surface area contributed by atoms with Crippen molar-refractivity contribution in [2.45, 2.75) is 55.1 Å². The van der Waals surface area contributed by atoms with Gasteiger partial charge in [-0.15, -0.1) is 0 Å². The van der Waals surface area contributed by atoms with Crippen LogP contribution in [0.1, 0.15) is 43.2 Å². The molecule has 0 saturated heterocycles. The van der Waals surface area contributed by atoms with Crippen LogP contribution in [-0.4, -0.2) is 61.2 Å². The first-order valence-electron chi connectivity index (χ1n) is 11.5. The number of nitrogens with one attached hydrogen (secondary N) is 4. The minimum atomic E-state index is -3.48. The Morgan fingerprint density at radius 3 is 2.69 bits per heavy atom. The number of pyridine rings is 1. The van der Waals surface area contributed by atoms with E-state index in [-0.39, 0.29) is 22.8 Å². The minimum absolute atomic E-state index is 0.113. The molecule has 1 aromatic heterocycles. The number of amidine groups is 1. The Hall–Kier alpha value is -3.20. The van der Waals surface area contributed by atoms with Gasteiger partial charge in [0.25, 0.3) is 5.56 Å². The van der Waals surface area contributed by atoms with E-state index in [0.29, 0.717) is 29.4 Å². The third-order valence-electron chi connectivity index (χ3n) is 7.08. The second kappa shape index (κ2) is 9.45. The predicted molar refractivity (Wildman–Crippen MR) is 135 cm³/mol. The quantitative estimate of drug-likeness (QED) is 0.354. The van der Waals surface area contributed by atoms with E-state index in [1.54, 1.807) is 18.2 Å². The van der Waals surface area contributed by atoms with Crippen LogP contribution in [0.5, 0.6) is 0 Å². The maximum atomic E-state index is 12.8. The van der Waals surface area contributed by atoms with Crippen molar-refractivity contribution in [2.75, 3.05) is 31.8 Å². The van der Waals surface area contributed by atoms with Crippen LogP contribution >= 0.6 is 0 Å². The molecule has 1 aliphatic heterocycles. The molecule has 10 nitrogen and oxygen atoms in total. The van der Waals surface area contributed by atoms with Crippen molar-refractivity contribution < 1.29 is 8.42 Å². The summed E-state index contributed by atoms with van der Waals surface area (Å²) in [6.45, 7) is 0.254. The number of benzene rings is 1. The van der Waals surface area contributed by atoms with E-state index in [2.05, 4.69) is 40.7 Å². The highest BCUT2D eigenvalue weighted by Gasteiger charge is 2.37. The molecule has 186 valence electrons. The second-order valence-corrected chi connectivity index (χ2v) is 11.6. The molecular formula is C24H31N7O3S. The molecule has 1 fully saturated rings. The lowest BCUT2D eigenvalue weighted by Gasteiger charge is -2.42. The maximum absolute atomic E-state index is 12.8. The molecule has 0 amide bonds. The fourth-order valence-corrected chi connectivity index (χ4v) is 6.36. The molecule has 0 unspecified atom stereocenters. The summed E-state index contributed by atoms with van der Waals surface area (Å²) < 4.78 is 26.0. The van der Waals surface area contributed by atoms with Gasteiger partial charge in [0.15, 0.2) is 0 Å². The number of aromatic nitrogens is 1. The van der Waals surface area contributed by atoms with Crippen LogP contribution < -0.4 is 16.2 Å². The summed E-state index contributed by atoms with van der Waals surface area (Å²) in [4.78, 5) is 17.9. The van der Waals surface area contributed by atoms with Crippen LogP contribution in [-0.2, 0) is 16.6 Å². The van der Waals surface area contributed by atoms with Gasteiger partial charge in [0.05, 0.1) is 28.6 Å². The van der Waals surface area contributed by atoms with Crippen LogP contribution in [0, 0.1) is 16.7 Å². The first-order chi connectivity index (χ1) is 16.6. The summed E-state index contributed by atoms with van der Waals surface area (Å²) in [5.74, 6) is -0.113. The highest BCUT2D eigenvalue weighted by molar-refractivity contribution is 7.89. The first-order valence-corrected chi connectivity index (χ1v) is 13.0. The van der Waals surface area contributed by atoms with Gasteiger partial charge in [0, 0.05) is 31.5 Å². The normalized spacial score (nSPS) is 23.5. The number of fused-ring (bicyclic) bond motifs is 1. The highest BCUT2D eigenvalue weighted by atomic mass is 32.2. The Bertz CT molecular complexity index is 1340. The molecule has 11 heteroatoms. The van der Waals surface area contributed by atoms with Crippen LogP contribution in [0.4, 0.5) is 11.4 Å². The number of nitriles is 1. The molecule has 2 aromatic rings. The Morgan fingerprint density at radius 1 is 1.31 bits per heavy atom. The van der Waals surface area contributed by atoms with E-state index in [4.69, 9.17) is 5.41 Å². The van der Waals surface area contributed by atoms with Crippen LogP contribution in [0.3, 0.4) is 0 Å². The van der Waals surface area contributed by atoms with Crippen LogP contribution in [0.2, 0.25) is 0 Å². The van der Waals surface area contributed by atoms with E-state index < -0.39 is 21.1 Å². The highest BCUT2D eigenvalue weighted by Crippen LogP contribution is 2.36. The van der Waals surface area contributed by atoms with Gasteiger partial charge in [-0.1, -0.05) is 0 Å². The van der Waals surface area contributed by atoms with Gasteiger partial charge in [-0.25, -0.2) is 8.42 Å². The van der Waals surface area contributed by atoms with Crippen molar-refractivity contribution in [3.8, 4) is 6.07 Å². The topological polar surface area (TPSA) is 145 Å². The molecule has 1 saturated carbocycles. The van der Waals surface area contributed by atoms with E-state index >= 15 is 0 Å². The zero-order chi connectivity index (χ0) is 25.4. The average molecular weight is 498 g/mol. The lowest BCUT2D eigenvalue weighted by Crippen LogP contribution is -2.46. The van der Waals surface area contributed by atoms with Gasteiger partial charge in [-0.3, -0.25) is 10.2 Å². The summed E-state index contributed by atoms with van der Waals surface area (Å²) in [5, 5.41) is 24.6. The van der Waals surface area contributed by atoms with Crippen LogP contribution in [0.15, 0.2) is 40.2 Å².